The van der Waals surface area contributed by atoms with E-state index in [1.165, 1.54) is 0 Å². The summed E-state index contributed by atoms with van der Waals surface area (Å²) in [7, 11) is 2.17. The minimum Gasteiger partial charge on any atom is -0.328 e. The van der Waals surface area contributed by atoms with Crippen LogP contribution in [0.25, 0.3) is 11.2 Å². The Balaban J connectivity index is 1.97. The lowest BCUT2D eigenvalue weighted by Gasteiger charge is -2.30. The first-order valence-electron chi connectivity index (χ1n) is 5.91. The fraction of sp³-hybridized carbons (Fsp3) is 0.500. The zero-order valence-electron chi connectivity index (χ0n) is 9.80. The summed E-state index contributed by atoms with van der Waals surface area (Å²) in [6.07, 6.45) is 6.00. The van der Waals surface area contributed by atoms with Gasteiger partial charge in [0.2, 0.25) is 0 Å². The number of piperidine rings is 1. The van der Waals surface area contributed by atoms with Crippen molar-refractivity contribution in [1.29, 1.82) is 0 Å². The Morgan fingerprint density at radius 3 is 2.88 bits per heavy atom. The van der Waals surface area contributed by atoms with Gasteiger partial charge in [0.05, 0.1) is 6.20 Å². The van der Waals surface area contributed by atoms with Crippen LogP contribution in [-0.2, 0) is 0 Å². The average Bonchev–Trinajstić information content (AvgIpc) is 2.73. The quantitative estimate of drug-likeness (QED) is 0.779. The Labute approximate surface area is 105 Å². The second-order valence-electron chi connectivity index (χ2n) is 4.66. The third-order valence-electron chi connectivity index (χ3n) is 3.47. The zero-order valence-corrected chi connectivity index (χ0v) is 10.6. The maximum atomic E-state index is 5.91. The van der Waals surface area contributed by atoms with E-state index in [1.807, 2.05) is 6.07 Å². The van der Waals surface area contributed by atoms with Gasteiger partial charge in [0, 0.05) is 12.2 Å². The molecule has 1 saturated heterocycles. The molecular weight excluding hydrogens is 236 g/mol. The SMILES string of the molecule is CN1CCC(n2ccc3ncc(Cl)nc32)CC1. The fourth-order valence-electron chi connectivity index (χ4n) is 2.46. The molecule has 0 saturated carbocycles. The van der Waals surface area contributed by atoms with E-state index >= 15 is 0 Å². The standard InChI is InChI=1S/C12H15ClN4/c1-16-5-2-9(3-6-16)17-7-4-10-12(17)15-11(13)8-14-10/h4,7-9H,2-3,5-6H2,1H3. The molecule has 5 heteroatoms. The van der Waals surface area contributed by atoms with Gasteiger partial charge in [-0.05, 0) is 39.0 Å². The van der Waals surface area contributed by atoms with Crippen LogP contribution in [0.2, 0.25) is 5.15 Å². The predicted molar refractivity (Wildman–Crippen MR) is 68.3 cm³/mol. The number of halogens is 1. The largest absolute Gasteiger partial charge is 0.328 e. The highest BCUT2D eigenvalue weighted by molar-refractivity contribution is 6.29. The number of hydrogen-bond donors (Lipinski definition) is 0. The molecular formula is C12H15ClN4. The molecule has 0 N–H and O–H groups in total. The minimum absolute atomic E-state index is 0.463. The van der Waals surface area contributed by atoms with Gasteiger partial charge in [-0.3, -0.25) is 0 Å². The van der Waals surface area contributed by atoms with Crippen LogP contribution >= 0.6 is 11.6 Å². The van der Waals surface area contributed by atoms with E-state index < -0.39 is 0 Å². The van der Waals surface area contributed by atoms with Crippen molar-refractivity contribution in [1.82, 2.24) is 19.4 Å². The lowest BCUT2D eigenvalue weighted by Crippen LogP contribution is -2.31. The summed E-state index contributed by atoms with van der Waals surface area (Å²) < 4.78 is 2.22. The first kappa shape index (κ1) is 11.0. The number of likely N-dealkylation sites (tertiary alicyclic amines) is 1. The number of nitrogens with zero attached hydrogens (tertiary/aromatic N) is 4. The van der Waals surface area contributed by atoms with Crippen LogP contribution in [0.1, 0.15) is 18.9 Å². The van der Waals surface area contributed by atoms with E-state index in [0.717, 1.165) is 37.1 Å². The number of aromatic nitrogens is 3. The first-order chi connectivity index (χ1) is 8.24. The van der Waals surface area contributed by atoms with E-state index in [9.17, 15) is 0 Å². The summed E-state index contributed by atoms with van der Waals surface area (Å²) in [5.74, 6) is 0. The van der Waals surface area contributed by atoms with Crippen LogP contribution < -0.4 is 0 Å². The van der Waals surface area contributed by atoms with Crippen molar-refractivity contribution >= 4 is 22.8 Å². The third-order valence-corrected chi connectivity index (χ3v) is 3.65. The van der Waals surface area contributed by atoms with E-state index in [4.69, 9.17) is 11.6 Å². The third kappa shape index (κ3) is 2.03. The summed E-state index contributed by atoms with van der Waals surface area (Å²) in [5, 5.41) is 0.463. The summed E-state index contributed by atoms with van der Waals surface area (Å²) in [4.78, 5) is 11.0. The molecule has 1 aliphatic heterocycles. The van der Waals surface area contributed by atoms with Gasteiger partial charge in [-0.15, -0.1) is 0 Å². The van der Waals surface area contributed by atoms with Crippen LogP contribution in [0, 0.1) is 0 Å². The highest BCUT2D eigenvalue weighted by atomic mass is 35.5. The zero-order chi connectivity index (χ0) is 11.8. The van der Waals surface area contributed by atoms with Crippen molar-refractivity contribution in [3.8, 4) is 0 Å². The summed E-state index contributed by atoms with van der Waals surface area (Å²) in [5.41, 5.74) is 1.83. The fourth-order valence-corrected chi connectivity index (χ4v) is 2.59. The smallest absolute Gasteiger partial charge is 0.160 e. The molecule has 0 bridgehead atoms. The summed E-state index contributed by atoms with van der Waals surface area (Å²) >= 11 is 5.91. The van der Waals surface area contributed by atoms with Gasteiger partial charge >= 0.3 is 0 Å². The lowest BCUT2D eigenvalue weighted by atomic mass is 10.1. The van der Waals surface area contributed by atoms with Crippen LogP contribution in [0.15, 0.2) is 18.5 Å². The molecule has 1 aliphatic rings. The van der Waals surface area contributed by atoms with Crippen molar-refractivity contribution in [2.24, 2.45) is 0 Å². The highest BCUT2D eigenvalue weighted by Crippen LogP contribution is 2.26. The van der Waals surface area contributed by atoms with E-state index in [2.05, 4.69) is 32.7 Å². The lowest BCUT2D eigenvalue weighted by molar-refractivity contribution is 0.223. The first-order valence-corrected chi connectivity index (χ1v) is 6.29. The number of rotatable bonds is 1. The van der Waals surface area contributed by atoms with Gasteiger partial charge < -0.3 is 9.47 Å². The molecule has 0 spiro atoms. The van der Waals surface area contributed by atoms with E-state index in [0.29, 0.717) is 11.2 Å². The van der Waals surface area contributed by atoms with Gasteiger partial charge in [-0.25, -0.2) is 9.97 Å². The van der Waals surface area contributed by atoms with Gasteiger partial charge in [0.15, 0.2) is 5.65 Å². The minimum atomic E-state index is 0.463. The normalized spacial score (nSPS) is 18.9. The monoisotopic (exact) mass is 250 g/mol. The van der Waals surface area contributed by atoms with E-state index in [1.54, 1.807) is 6.20 Å². The summed E-state index contributed by atoms with van der Waals surface area (Å²) in [6, 6.07) is 2.54. The molecule has 90 valence electrons. The van der Waals surface area contributed by atoms with Crippen LogP contribution in [0.4, 0.5) is 0 Å². The maximum Gasteiger partial charge on any atom is 0.160 e. The average molecular weight is 251 g/mol. The molecule has 0 unspecified atom stereocenters. The number of hydrogen-bond acceptors (Lipinski definition) is 3. The van der Waals surface area contributed by atoms with Gasteiger partial charge in [0.1, 0.15) is 10.7 Å². The Bertz CT molecular complexity index is 528. The van der Waals surface area contributed by atoms with Gasteiger partial charge in [-0.1, -0.05) is 11.6 Å². The Hall–Kier alpha value is -1.13. The van der Waals surface area contributed by atoms with Crippen molar-refractivity contribution in [2.75, 3.05) is 20.1 Å². The molecule has 3 rings (SSSR count). The van der Waals surface area contributed by atoms with Crippen molar-refractivity contribution < 1.29 is 0 Å². The predicted octanol–water partition coefficient (Wildman–Crippen LogP) is 2.35. The molecule has 0 aliphatic carbocycles. The molecule has 2 aromatic heterocycles. The second-order valence-corrected chi connectivity index (χ2v) is 5.05. The molecule has 0 aromatic carbocycles. The van der Waals surface area contributed by atoms with E-state index in [-0.39, 0.29) is 0 Å². The Morgan fingerprint density at radius 2 is 2.12 bits per heavy atom. The van der Waals surface area contributed by atoms with Crippen molar-refractivity contribution in [3.05, 3.63) is 23.6 Å². The van der Waals surface area contributed by atoms with Crippen LogP contribution in [-0.4, -0.2) is 39.6 Å². The van der Waals surface area contributed by atoms with Crippen LogP contribution in [0.3, 0.4) is 0 Å². The van der Waals surface area contributed by atoms with Crippen LogP contribution in [0.5, 0.6) is 0 Å². The molecule has 0 amide bonds. The molecule has 2 aromatic rings. The molecule has 4 nitrogen and oxygen atoms in total. The maximum absolute atomic E-state index is 5.91. The highest BCUT2D eigenvalue weighted by Gasteiger charge is 2.20. The van der Waals surface area contributed by atoms with Crippen molar-refractivity contribution in [2.45, 2.75) is 18.9 Å². The Kier molecular flexibility index (Phi) is 2.76. The second kappa shape index (κ2) is 4.27. The molecule has 0 atom stereocenters. The van der Waals surface area contributed by atoms with Crippen molar-refractivity contribution in [3.63, 3.8) is 0 Å². The molecule has 0 radical (unpaired) electrons. The van der Waals surface area contributed by atoms with Gasteiger partial charge in [0.25, 0.3) is 0 Å². The Morgan fingerprint density at radius 1 is 1.35 bits per heavy atom. The van der Waals surface area contributed by atoms with Gasteiger partial charge in [-0.2, -0.15) is 0 Å². The topological polar surface area (TPSA) is 34.0 Å². The molecule has 17 heavy (non-hydrogen) atoms. The molecule has 1 fully saturated rings. The summed E-state index contributed by atoms with van der Waals surface area (Å²) in [6.45, 7) is 2.27. The number of fused-ring (bicyclic) bond motifs is 1. The molecule has 3 heterocycles.